The molecule has 0 aromatic heterocycles. The number of carbonyl (C=O) groups excluding carboxylic acids is 2. The quantitative estimate of drug-likeness (QED) is 0.0779. The zero-order chi connectivity index (χ0) is 56.9. The van der Waals surface area contributed by atoms with E-state index in [9.17, 15) is 9.59 Å². The van der Waals surface area contributed by atoms with E-state index in [2.05, 4.69) is 187 Å². The first-order valence-corrected chi connectivity index (χ1v) is 27.5. The van der Waals surface area contributed by atoms with Crippen LogP contribution in [0.3, 0.4) is 0 Å². The van der Waals surface area contributed by atoms with Crippen LogP contribution in [-0.4, -0.2) is 18.9 Å². The minimum atomic E-state index is -0.837. The van der Waals surface area contributed by atoms with E-state index in [1.165, 1.54) is 46.1 Å². The Balaban J connectivity index is 0.000000925. The van der Waals surface area contributed by atoms with Gasteiger partial charge in [0.2, 0.25) is 0 Å². The molecule has 0 atom stereocenters. The van der Waals surface area contributed by atoms with E-state index in [-0.39, 0.29) is 7.43 Å². The lowest BCUT2D eigenvalue weighted by Gasteiger charge is -2.03. The molecule has 0 aliphatic carbocycles. The Hall–Kier alpha value is -8.66. The Morgan fingerprint density at radius 2 is 0.380 bits per heavy atom. The number of hydrogen-bond acceptors (Lipinski definition) is 3. The minimum Gasteiger partial charge on any atom is -0.463 e. The molecule has 0 unspecified atom stereocenters. The third-order valence-electron chi connectivity index (χ3n) is 10.5. The maximum absolute atomic E-state index is 11.6. The number of carbonyl (C=O) groups is 2. The lowest BCUT2D eigenvalue weighted by molar-refractivity contribution is -0.135. The van der Waals surface area contributed by atoms with Crippen molar-refractivity contribution in [2.24, 2.45) is 0 Å². The van der Waals surface area contributed by atoms with Crippen molar-refractivity contribution < 1.29 is 14.3 Å². The predicted octanol–water partition coefficient (Wildman–Crippen LogP) is 20.6. The summed E-state index contributed by atoms with van der Waals surface area (Å²) in [7, 11) is 1.20. The molecule has 0 radical (unpaired) electrons. The highest BCUT2D eigenvalue weighted by Crippen LogP contribution is 2.13. The second-order valence-electron chi connectivity index (χ2n) is 15.9. The van der Waals surface area contributed by atoms with Crippen LogP contribution in [-0.2, 0) is 35.2 Å². The molecule has 3 nitrogen and oxygen atoms in total. The lowest BCUT2D eigenvalue weighted by atomic mass is 10.0. The summed E-state index contributed by atoms with van der Waals surface area (Å²) in [5.41, 5.74) is 10.9. The van der Waals surface area contributed by atoms with Gasteiger partial charge in [-0.3, -0.25) is 4.79 Å². The first kappa shape index (κ1) is 70.3. The number of methoxy groups -OCH3 is 1. The van der Waals surface area contributed by atoms with Gasteiger partial charge in [0, 0.05) is 5.56 Å². The molecule has 0 fully saturated rings. The maximum atomic E-state index is 11.6. The zero-order valence-corrected chi connectivity index (χ0v) is 48.0. The number of Topliss-reactive ketones (excluding diaryl/α,β-unsaturated/α-hetero) is 1. The van der Waals surface area contributed by atoms with Crippen LogP contribution in [0.25, 0.3) is 0 Å². The lowest BCUT2D eigenvalue weighted by Crippen LogP contribution is -2.15. The predicted molar refractivity (Wildman–Crippen MR) is 344 cm³/mol. The monoisotopic (exact) mass is 1050 g/mol. The molecule has 0 aliphatic heterocycles. The van der Waals surface area contributed by atoms with Gasteiger partial charge in [-0.2, -0.15) is 0 Å². The topological polar surface area (TPSA) is 43.4 Å². The summed E-state index contributed by atoms with van der Waals surface area (Å²) in [6.07, 6.45) is 3.89. The number of rotatable bonds is 10. The summed E-state index contributed by atoms with van der Waals surface area (Å²) in [6.45, 7) is 16.0. The van der Waals surface area contributed by atoms with Gasteiger partial charge in [0.05, 0.1) is 7.11 Å². The van der Waals surface area contributed by atoms with Crippen molar-refractivity contribution in [3.8, 4) is 0 Å². The van der Waals surface area contributed by atoms with Gasteiger partial charge in [-0.25, -0.2) is 4.79 Å². The highest BCUT2D eigenvalue weighted by atomic mass is 16.5. The van der Waals surface area contributed by atoms with Crippen molar-refractivity contribution >= 4 is 11.8 Å². The van der Waals surface area contributed by atoms with Crippen LogP contribution in [0.2, 0.25) is 0 Å². The van der Waals surface area contributed by atoms with Gasteiger partial charge >= 0.3 is 5.97 Å². The van der Waals surface area contributed by atoms with Crippen molar-refractivity contribution in [2.75, 3.05) is 7.11 Å². The highest BCUT2D eigenvalue weighted by molar-refractivity contribution is 6.40. The molecular formula is C76H90O3. The molecule has 0 aliphatic rings. The summed E-state index contributed by atoms with van der Waals surface area (Å²) in [5, 5.41) is 0. The first-order chi connectivity index (χ1) is 38.6. The molecule has 0 amide bonds. The average Bonchev–Trinajstić information content (AvgIpc) is 3.55. The maximum Gasteiger partial charge on any atom is 0.379 e. The Labute approximate surface area is 478 Å². The number of ether oxygens (including phenoxy) is 1. The van der Waals surface area contributed by atoms with E-state index in [0.29, 0.717) is 5.56 Å². The van der Waals surface area contributed by atoms with Gasteiger partial charge in [-0.15, -0.1) is 0 Å². The van der Waals surface area contributed by atoms with Crippen molar-refractivity contribution in [3.05, 3.63) is 359 Å². The van der Waals surface area contributed by atoms with Crippen LogP contribution in [0.1, 0.15) is 118 Å². The molecule has 10 aromatic carbocycles. The normalized spacial score (nSPS) is 8.77. The van der Waals surface area contributed by atoms with E-state index < -0.39 is 11.8 Å². The fraction of sp³-hybridized carbons (Fsp3) is 0.184. The Kier molecular flexibility index (Phi) is 44.7. The number of esters is 1. The second-order valence-corrected chi connectivity index (χ2v) is 15.9. The summed E-state index contributed by atoms with van der Waals surface area (Å²) >= 11 is 0. The third kappa shape index (κ3) is 34.6. The van der Waals surface area contributed by atoms with Crippen LogP contribution < -0.4 is 0 Å². The van der Waals surface area contributed by atoms with Gasteiger partial charge in [-0.1, -0.05) is 372 Å². The summed E-state index contributed by atoms with van der Waals surface area (Å²) in [5.74, 6) is -1.45. The molecule has 0 spiro atoms. The molecule has 79 heavy (non-hydrogen) atoms. The summed E-state index contributed by atoms with van der Waals surface area (Å²) < 4.78 is 4.40. The smallest absolute Gasteiger partial charge is 0.379 e. The Morgan fingerprint density at radius 3 is 0.532 bits per heavy atom. The van der Waals surface area contributed by atoms with Gasteiger partial charge in [0.15, 0.2) is 0 Å². The molecule has 10 aromatic rings. The standard InChI is InChI=1S/C16H14O3.3C13H12.2C6H6.4C2H6.CH4/c1-19-16(18)15(17)14-9-7-13(8-10-14)11-12-5-3-2-4-6-12;3*1-3-7-12(8-4-1)11-13-9-5-2-6-10-13;2*1-2-4-6-5-3-1;4*1-2;/h2-10H,11H2,1H3;3*1-10H,11H2;2*1-6H;4*1-2H3;1H4. The van der Waals surface area contributed by atoms with Crippen molar-refractivity contribution in [1.82, 2.24) is 0 Å². The minimum absolute atomic E-state index is 0. The Bertz CT molecular complexity index is 2430. The first-order valence-electron chi connectivity index (χ1n) is 27.5. The molecule has 0 saturated heterocycles. The van der Waals surface area contributed by atoms with Gasteiger partial charge < -0.3 is 4.74 Å². The van der Waals surface area contributed by atoms with E-state index in [0.717, 1.165) is 31.2 Å². The zero-order valence-electron chi connectivity index (χ0n) is 48.0. The fourth-order valence-corrected chi connectivity index (χ4v) is 6.87. The summed E-state index contributed by atoms with van der Waals surface area (Å²) in [4.78, 5) is 22.7. The fourth-order valence-electron chi connectivity index (χ4n) is 6.87. The number of benzene rings is 10. The number of ketones is 1. The van der Waals surface area contributed by atoms with Crippen LogP contribution >= 0.6 is 0 Å². The highest BCUT2D eigenvalue weighted by Gasteiger charge is 2.16. The van der Waals surface area contributed by atoms with E-state index >= 15 is 0 Å². The van der Waals surface area contributed by atoms with Crippen molar-refractivity contribution in [1.29, 1.82) is 0 Å². The SMILES string of the molecule is C.CC.CC.CC.CC.COC(=O)C(=O)c1ccc(Cc2ccccc2)cc1.c1ccc(Cc2ccccc2)cc1.c1ccc(Cc2ccccc2)cc1.c1ccc(Cc2ccccc2)cc1.c1ccccc1.c1ccccc1. The largest absolute Gasteiger partial charge is 0.463 e. The van der Waals surface area contributed by atoms with Crippen LogP contribution in [0, 0.1) is 0 Å². The molecule has 0 bridgehead atoms. The molecule has 0 N–H and O–H groups in total. The van der Waals surface area contributed by atoms with Crippen molar-refractivity contribution in [2.45, 2.75) is 88.5 Å². The molecule has 3 heteroatoms. The van der Waals surface area contributed by atoms with Crippen LogP contribution in [0.4, 0.5) is 0 Å². The average molecular weight is 1050 g/mol. The number of hydrogen-bond donors (Lipinski definition) is 0. The Morgan fingerprint density at radius 1 is 0.241 bits per heavy atom. The second kappa shape index (κ2) is 50.2. The van der Waals surface area contributed by atoms with E-state index in [1.807, 2.05) is 171 Å². The van der Waals surface area contributed by atoms with Gasteiger partial charge in [-0.05, 0) is 70.2 Å². The van der Waals surface area contributed by atoms with E-state index in [1.54, 1.807) is 12.1 Å². The molecule has 0 heterocycles. The molecule has 412 valence electrons. The summed E-state index contributed by atoms with van der Waals surface area (Å²) in [6, 6.07) is 104. The van der Waals surface area contributed by atoms with Crippen molar-refractivity contribution in [3.63, 3.8) is 0 Å². The molecule has 10 rings (SSSR count). The molecule has 0 saturated carbocycles. The van der Waals surface area contributed by atoms with Gasteiger partial charge in [0.1, 0.15) is 0 Å². The van der Waals surface area contributed by atoms with Gasteiger partial charge in [0.25, 0.3) is 5.78 Å². The third-order valence-corrected chi connectivity index (χ3v) is 10.5. The van der Waals surface area contributed by atoms with Crippen LogP contribution in [0.15, 0.2) is 309 Å². The van der Waals surface area contributed by atoms with Crippen LogP contribution in [0.5, 0.6) is 0 Å². The molecular weight excluding hydrogens is 961 g/mol. The van der Waals surface area contributed by atoms with E-state index in [4.69, 9.17) is 0 Å².